The van der Waals surface area contributed by atoms with Gasteiger partial charge in [-0.1, -0.05) is 13.3 Å². The van der Waals surface area contributed by atoms with Gasteiger partial charge in [0, 0.05) is 24.6 Å². The molecule has 4 rings (SSSR count). The molecule has 1 amide bonds. The molecule has 0 radical (unpaired) electrons. The van der Waals surface area contributed by atoms with Gasteiger partial charge < -0.3 is 9.30 Å². The summed E-state index contributed by atoms with van der Waals surface area (Å²) in [5.74, 6) is 0.156. The largest absolute Gasteiger partial charge is 0.457 e. The Balaban J connectivity index is 1.52. The van der Waals surface area contributed by atoms with Crippen molar-refractivity contribution >= 4 is 15.9 Å². The molecule has 0 spiro atoms. The van der Waals surface area contributed by atoms with E-state index in [0.29, 0.717) is 24.3 Å². The first-order valence-electron chi connectivity index (χ1n) is 10.7. The van der Waals surface area contributed by atoms with Crippen LogP contribution in [0.15, 0.2) is 72.1 Å². The highest BCUT2D eigenvalue weighted by Crippen LogP contribution is 2.30. The molecule has 2 heterocycles. The fraction of sp³-hybridized carbons (Fsp3) is 0.304. The quantitative estimate of drug-likeness (QED) is 0.422. The fourth-order valence-corrected chi connectivity index (χ4v) is 5.81. The van der Waals surface area contributed by atoms with Crippen molar-refractivity contribution in [3.8, 4) is 17.2 Å². The molecule has 0 aliphatic carbocycles. The summed E-state index contributed by atoms with van der Waals surface area (Å²) < 4.78 is 35.6. The van der Waals surface area contributed by atoms with Gasteiger partial charge in [-0.2, -0.15) is 4.31 Å². The number of imidazole rings is 1. The third-order valence-electron chi connectivity index (χ3n) is 5.82. The SMILES string of the molecule is CC1CCCCN(S(=O)(=O)c2ccc(Oc3ccc(-n4ccnc4)cc3)cc2)[C@@H]1C(=O)NO. The highest BCUT2D eigenvalue weighted by molar-refractivity contribution is 7.89. The number of benzene rings is 2. The summed E-state index contributed by atoms with van der Waals surface area (Å²) in [5, 5.41) is 9.16. The Bertz CT molecular complexity index is 1180. The molecule has 2 N–H and O–H groups in total. The standard InChI is InChI=1S/C23H26N4O5S/c1-17-4-2-3-14-27(22(17)23(28)25-29)33(30,31)21-11-9-20(10-12-21)32-19-7-5-18(6-8-19)26-15-13-24-16-26/h5-13,15-17,22,29H,2-4,14H2,1H3,(H,25,28)/t17?,22-/m0/s1. The number of carbonyl (C=O) groups is 1. The van der Waals surface area contributed by atoms with Gasteiger partial charge in [0.2, 0.25) is 10.0 Å². The summed E-state index contributed by atoms with van der Waals surface area (Å²) >= 11 is 0. The van der Waals surface area contributed by atoms with E-state index in [1.54, 1.807) is 30.1 Å². The van der Waals surface area contributed by atoms with Crippen LogP contribution in [0.3, 0.4) is 0 Å². The number of nitrogens with zero attached hydrogens (tertiary/aromatic N) is 3. The lowest BCUT2D eigenvalue weighted by atomic mass is 9.97. The monoisotopic (exact) mass is 470 g/mol. The smallest absolute Gasteiger partial charge is 0.262 e. The van der Waals surface area contributed by atoms with Crippen LogP contribution >= 0.6 is 0 Å². The van der Waals surface area contributed by atoms with Gasteiger partial charge in [0.1, 0.15) is 17.5 Å². The van der Waals surface area contributed by atoms with Crippen LogP contribution in [0.1, 0.15) is 26.2 Å². The molecule has 0 bridgehead atoms. The van der Waals surface area contributed by atoms with Crippen molar-refractivity contribution in [3.63, 3.8) is 0 Å². The molecule has 2 aromatic carbocycles. The number of carbonyl (C=O) groups excluding carboxylic acids is 1. The number of nitrogens with one attached hydrogen (secondary N) is 1. The van der Waals surface area contributed by atoms with Crippen molar-refractivity contribution < 1.29 is 23.2 Å². The van der Waals surface area contributed by atoms with Crippen molar-refractivity contribution in [2.75, 3.05) is 6.54 Å². The summed E-state index contributed by atoms with van der Waals surface area (Å²) in [5.41, 5.74) is 2.56. The molecular formula is C23H26N4O5S. The van der Waals surface area contributed by atoms with Crippen molar-refractivity contribution in [2.24, 2.45) is 5.92 Å². The number of amides is 1. The highest BCUT2D eigenvalue weighted by atomic mass is 32.2. The first-order valence-corrected chi connectivity index (χ1v) is 12.2. The highest BCUT2D eigenvalue weighted by Gasteiger charge is 2.40. The summed E-state index contributed by atoms with van der Waals surface area (Å²) in [6, 6.07) is 12.5. The lowest BCUT2D eigenvalue weighted by Gasteiger charge is -2.30. The minimum absolute atomic E-state index is 0.0649. The van der Waals surface area contributed by atoms with Gasteiger partial charge in [-0.05, 0) is 67.3 Å². The number of hydroxylamine groups is 1. The maximum atomic E-state index is 13.4. The molecule has 3 aromatic rings. The first-order chi connectivity index (χ1) is 15.9. The van der Waals surface area contributed by atoms with Gasteiger partial charge in [0.15, 0.2) is 0 Å². The van der Waals surface area contributed by atoms with E-state index >= 15 is 0 Å². The van der Waals surface area contributed by atoms with Gasteiger partial charge in [-0.15, -0.1) is 0 Å². The van der Waals surface area contributed by atoms with Gasteiger partial charge in [-0.3, -0.25) is 10.0 Å². The minimum Gasteiger partial charge on any atom is -0.457 e. The summed E-state index contributed by atoms with van der Waals surface area (Å²) in [6.45, 7) is 2.04. The molecule has 174 valence electrons. The second-order valence-electron chi connectivity index (χ2n) is 8.05. The Morgan fingerprint density at radius 2 is 1.76 bits per heavy atom. The van der Waals surface area contributed by atoms with Crippen LogP contribution < -0.4 is 10.2 Å². The second-order valence-corrected chi connectivity index (χ2v) is 9.94. The van der Waals surface area contributed by atoms with Crippen LogP contribution in [-0.4, -0.2) is 46.0 Å². The van der Waals surface area contributed by atoms with Gasteiger partial charge in [0.25, 0.3) is 5.91 Å². The van der Waals surface area contributed by atoms with E-state index < -0.39 is 22.0 Å². The van der Waals surface area contributed by atoms with Crippen LogP contribution in [-0.2, 0) is 14.8 Å². The Labute approximate surface area is 192 Å². The maximum absolute atomic E-state index is 13.4. The fourth-order valence-electron chi connectivity index (χ4n) is 4.09. The van der Waals surface area contributed by atoms with Crippen LogP contribution in [0.2, 0.25) is 0 Å². The predicted octanol–water partition coefficient (Wildman–Crippen LogP) is 3.35. The lowest BCUT2D eigenvalue weighted by Crippen LogP contribution is -2.51. The summed E-state index contributed by atoms with van der Waals surface area (Å²) in [7, 11) is -3.95. The number of rotatable bonds is 6. The molecule has 1 unspecified atom stereocenters. The van der Waals surface area contributed by atoms with E-state index in [1.807, 2.05) is 42.0 Å². The van der Waals surface area contributed by atoms with Crippen molar-refractivity contribution in [1.29, 1.82) is 0 Å². The van der Waals surface area contributed by atoms with E-state index in [0.717, 1.165) is 12.1 Å². The summed E-state index contributed by atoms with van der Waals surface area (Å²) in [6.07, 6.45) is 7.41. The number of hydrogen-bond donors (Lipinski definition) is 2. The van der Waals surface area contributed by atoms with Crippen molar-refractivity contribution in [2.45, 2.75) is 37.1 Å². The van der Waals surface area contributed by atoms with Gasteiger partial charge >= 0.3 is 0 Å². The molecule has 10 heteroatoms. The zero-order chi connectivity index (χ0) is 23.4. The Morgan fingerprint density at radius 3 is 2.36 bits per heavy atom. The normalized spacial score (nSPS) is 19.6. The van der Waals surface area contributed by atoms with E-state index in [-0.39, 0.29) is 17.4 Å². The van der Waals surface area contributed by atoms with E-state index in [4.69, 9.17) is 9.94 Å². The van der Waals surface area contributed by atoms with Crippen LogP contribution in [0, 0.1) is 5.92 Å². The van der Waals surface area contributed by atoms with Crippen LogP contribution in [0.4, 0.5) is 0 Å². The third-order valence-corrected chi connectivity index (χ3v) is 7.72. The Kier molecular flexibility index (Phi) is 6.77. The molecule has 1 aromatic heterocycles. The predicted molar refractivity (Wildman–Crippen MR) is 121 cm³/mol. The average Bonchev–Trinajstić information content (AvgIpc) is 3.29. The first kappa shape index (κ1) is 23.0. The molecule has 33 heavy (non-hydrogen) atoms. The van der Waals surface area contributed by atoms with E-state index in [1.165, 1.54) is 16.4 Å². The minimum atomic E-state index is -3.95. The zero-order valence-electron chi connectivity index (χ0n) is 18.2. The maximum Gasteiger partial charge on any atom is 0.262 e. The third kappa shape index (κ3) is 4.92. The van der Waals surface area contributed by atoms with Crippen molar-refractivity contribution in [1.82, 2.24) is 19.3 Å². The molecule has 1 aliphatic rings. The summed E-state index contributed by atoms with van der Waals surface area (Å²) in [4.78, 5) is 16.4. The number of sulfonamides is 1. The second kappa shape index (κ2) is 9.74. The topological polar surface area (TPSA) is 114 Å². The van der Waals surface area contributed by atoms with Gasteiger partial charge in [0.05, 0.1) is 11.2 Å². The number of ether oxygens (including phenoxy) is 1. The van der Waals surface area contributed by atoms with Crippen LogP contribution in [0.5, 0.6) is 11.5 Å². The zero-order valence-corrected chi connectivity index (χ0v) is 19.0. The van der Waals surface area contributed by atoms with E-state index in [2.05, 4.69) is 4.98 Å². The average molecular weight is 471 g/mol. The molecule has 1 saturated heterocycles. The van der Waals surface area contributed by atoms with Crippen LogP contribution in [0.25, 0.3) is 5.69 Å². The molecular weight excluding hydrogens is 444 g/mol. The van der Waals surface area contributed by atoms with E-state index in [9.17, 15) is 13.2 Å². The molecule has 1 fully saturated rings. The number of aromatic nitrogens is 2. The molecule has 1 aliphatic heterocycles. The lowest BCUT2D eigenvalue weighted by molar-refractivity contribution is -0.134. The molecule has 2 atom stereocenters. The Morgan fingerprint density at radius 1 is 1.09 bits per heavy atom. The van der Waals surface area contributed by atoms with Gasteiger partial charge in [-0.25, -0.2) is 18.9 Å². The van der Waals surface area contributed by atoms with Crippen molar-refractivity contribution in [3.05, 3.63) is 67.3 Å². The Hall–Kier alpha value is -3.21. The molecule has 0 saturated carbocycles. The number of hydrogen-bond acceptors (Lipinski definition) is 6. The molecule has 9 nitrogen and oxygen atoms in total.